The van der Waals surface area contributed by atoms with E-state index >= 15 is 0 Å². The molecular weight excluding hydrogens is 344 g/mol. The predicted octanol–water partition coefficient (Wildman–Crippen LogP) is 4.54. The molecule has 3 nitrogen and oxygen atoms in total. The summed E-state index contributed by atoms with van der Waals surface area (Å²) in [4.78, 5) is 7.65. The number of hydrogen-bond donors (Lipinski definition) is 0. The summed E-state index contributed by atoms with van der Waals surface area (Å²) in [5, 5.41) is 1.30. The van der Waals surface area contributed by atoms with E-state index in [0.29, 0.717) is 5.92 Å². The van der Waals surface area contributed by atoms with Crippen LogP contribution in [0.3, 0.4) is 0 Å². The minimum atomic E-state index is 0.149. The number of ether oxygens (including phenoxy) is 1. The molecule has 1 aromatic heterocycles. The molecule has 1 aliphatic heterocycles. The second-order valence-corrected chi connectivity index (χ2v) is 8.66. The maximum atomic E-state index is 5.56. The quantitative estimate of drug-likeness (QED) is 0.660. The maximum Gasteiger partial charge on any atom is 0.119 e. The molecule has 2 heterocycles. The molecule has 28 heavy (non-hydrogen) atoms. The highest BCUT2D eigenvalue weighted by atomic mass is 16.5. The Bertz CT molecular complexity index is 1040. The van der Waals surface area contributed by atoms with Crippen LogP contribution in [0, 0.1) is 12.8 Å². The zero-order chi connectivity index (χ0) is 19.3. The van der Waals surface area contributed by atoms with E-state index in [1.165, 1.54) is 34.2 Å². The van der Waals surface area contributed by atoms with Crippen LogP contribution in [0.2, 0.25) is 0 Å². The molecule has 0 bridgehead atoms. The topological polar surface area (TPSA) is 25.4 Å². The summed E-state index contributed by atoms with van der Waals surface area (Å²) in [5.74, 6) is 1.56. The van der Waals surface area contributed by atoms with Gasteiger partial charge >= 0.3 is 0 Å². The number of nitrogens with zero attached hydrogens (tertiary/aromatic N) is 2. The number of methoxy groups -OCH3 is 1. The van der Waals surface area contributed by atoms with Gasteiger partial charge in [-0.3, -0.25) is 4.98 Å². The van der Waals surface area contributed by atoms with Gasteiger partial charge in [0.1, 0.15) is 5.75 Å². The minimum absolute atomic E-state index is 0.149. The molecule has 0 radical (unpaired) electrons. The highest BCUT2D eigenvalue weighted by molar-refractivity contribution is 5.83. The SMILES string of the molecule is COc1cccc([C@]23CCN(C)C[C@@H]2Cc2c(nc4ccccc4c2C)C3)c1. The van der Waals surface area contributed by atoms with Gasteiger partial charge in [-0.1, -0.05) is 30.3 Å². The fourth-order valence-electron chi connectivity index (χ4n) is 5.59. The molecule has 2 aromatic carbocycles. The molecule has 1 saturated heterocycles. The lowest BCUT2D eigenvalue weighted by Gasteiger charge is -2.51. The van der Waals surface area contributed by atoms with Crippen molar-refractivity contribution >= 4 is 10.9 Å². The number of para-hydroxylation sites is 1. The van der Waals surface area contributed by atoms with Crippen LogP contribution >= 0.6 is 0 Å². The number of rotatable bonds is 2. The highest BCUT2D eigenvalue weighted by Crippen LogP contribution is 2.48. The fourth-order valence-corrected chi connectivity index (χ4v) is 5.59. The first-order chi connectivity index (χ1) is 13.6. The van der Waals surface area contributed by atoms with Crippen molar-refractivity contribution in [3.8, 4) is 5.75 Å². The molecule has 2 atom stereocenters. The lowest BCUT2D eigenvalue weighted by Crippen LogP contribution is -2.53. The zero-order valence-corrected chi connectivity index (χ0v) is 17.0. The highest BCUT2D eigenvalue weighted by Gasteiger charge is 2.47. The van der Waals surface area contributed by atoms with Gasteiger partial charge in [0.15, 0.2) is 0 Å². The van der Waals surface area contributed by atoms with Crippen molar-refractivity contribution in [3.63, 3.8) is 0 Å². The Labute approximate surface area is 167 Å². The van der Waals surface area contributed by atoms with E-state index in [9.17, 15) is 0 Å². The molecule has 144 valence electrons. The standard InChI is InChI=1S/C25H28N2O/c1-17-21-9-4-5-10-23(21)26-24-15-25(18-7-6-8-20(13-18)28-3)11-12-27(2)16-19(25)14-22(17)24/h4-10,13,19H,11-12,14-16H2,1-3H3/t19-,25+/m0/s1. The zero-order valence-electron chi connectivity index (χ0n) is 17.0. The summed E-state index contributed by atoms with van der Waals surface area (Å²) in [6.45, 7) is 4.56. The van der Waals surface area contributed by atoms with Gasteiger partial charge in [0, 0.05) is 29.5 Å². The van der Waals surface area contributed by atoms with Crippen molar-refractivity contribution in [2.24, 2.45) is 5.92 Å². The van der Waals surface area contributed by atoms with Gasteiger partial charge in [0.05, 0.1) is 12.6 Å². The van der Waals surface area contributed by atoms with Gasteiger partial charge in [-0.05, 0) is 74.2 Å². The summed E-state index contributed by atoms with van der Waals surface area (Å²) in [6, 6.07) is 17.4. The van der Waals surface area contributed by atoms with Crippen LogP contribution in [-0.2, 0) is 18.3 Å². The molecule has 3 heteroatoms. The number of aromatic nitrogens is 1. The third kappa shape index (κ3) is 2.64. The second-order valence-electron chi connectivity index (χ2n) is 8.66. The van der Waals surface area contributed by atoms with E-state index in [-0.39, 0.29) is 5.41 Å². The Hall–Kier alpha value is -2.39. The molecule has 2 aliphatic rings. The third-order valence-electron chi connectivity index (χ3n) is 7.20. The number of piperidine rings is 1. The van der Waals surface area contributed by atoms with Crippen LogP contribution in [0.15, 0.2) is 48.5 Å². The molecule has 0 N–H and O–H groups in total. The van der Waals surface area contributed by atoms with Crippen LogP contribution in [0.1, 0.15) is 28.8 Å². The van der Waals surface area contributed by atoms with Gasteiger partial charge in [0.2, 0.25) is 0 Å². The first-order valence-electron chi connectivity index (χ1n) is 10.3. The monoisotopic (exact) mass is 372 g/mol. The Balaban J connectivity index is 1.69. The van der Waals surface area contributed by atoms with Gasteiger partial charge in [-0.2, -0.15) is 0 Å². The van der Waals surface area contributed by atoms with Crippen molar-refractivity contribution < 1.29 is 4.74 Å². The maximum absolute atomic E-state index is 5.56. The van der Waals surface area contributed by atoms with E-state index in [1.807, 2.05) is 0 Å². The van der Waals surface area contributed by atoms with Crippen molar-refractivity contribution in [3.05, 3.63) is 70.9 Å². The van der Waals surface area contributed by atoms with E-state index in [2.05, 4.69) is 67.4 Å². The Morgan fingerprint density at radius 1 is 1.14 bits per heavy atom. The molecule has 0 spiro atoms. The van der Waals surface area contributed by atoms with E-state index in [0.717, 1.165) is 37.2 Å². The molecule has 5 rings (SSSR count). The molecule has 0 unspecified atom stereocenters. The van der Waals surface area contributed by atoms with Gasteiger partial charge < -0.3 is 9.64 Å². The smallest absolute Gasteiger partial charge is 0.119 e. The first kappa shape index (κ1) is 17.7. The van der Waals surface area contributed by atoms with Crippen molar-refractivity contribution in [2.75, 3.05) is 27.2 Å². The summed E-state index contributed by atoms with van der Waals surface area (Å²) in [5.41, 5.74) is 6.91. The number of benzene rings is 2. The Kier molecular flexibility index (Phi) is 4.17. The van der Waals surface area contributed by atoms with Crippen LogP contribution < -0.4 is 4.74 Å². The molecule has 0 amide bonds. The Morgan fingerprint density at radius 3 is 2.86 bits per heavy atom. The molecule has 0 saturated carbocycles. The van der Waals surface area contributed by atoms with E-state index in [4.69, 9.17) is 9.72 Å². The van der Waals surface area contributed by atoms with Crippen LogP contribution in [0.5, 0.6) is 5.75 Å². The predicted molar refractivity (Wildman–Crippen MR) is 114 cm³/mol. The van der Waals surface area contributed by atoms with Crippen LogP contribution in [0.4, 0.5) is 0 Å². The summed E-state index contributed by atoms with van der Waals surface area (Å²) in [7, 11) is 4.02. The van der Waals surface area contributed by atoms with E-state index in [1.54, 1.807) is 7.11 Å². The number of likely N-dealkylation sites (tertiary alicyclic amines) is 1. The van der Waals surface area contributed by atoms with Crippen molar-refractivity contribution in [1.29, 1.82) is 0 Å². The number of aryl methyl sites for hydroxylation is 1. The Morgan fingerprint density at radius 2 is 2.00 bits per heavy atom. The summed E-state index contributed by atoms with van der Waals surface area (Å²) in [6.07, 6.45) is 3.31. The van der Waals surface area contributed by atoms with Crippen LogP contribution in [0.25, 0.3) is 10.9 Å². The lowest BCUT2D eigenvalue weighted by molar-refractivity contribution is 0.0985. The molecule has 1 fully saturated rings. The third-order valence-corrected chi connectivity index (χ3v) is 7.20. The summed E-state index contributed by atoms with van der Waals surface area (Å²) < 4.78 is 5.56. The van der Waals surface area contributed by atoms with Gasteiger partial charge in [0.25, 0.3) is 0 Å². The largest absolute Gasteiger partial charge is 0.497 e. The van der Waals surface area contributed by atoms with Crippen molar-refractivity contribution in [1.82, 2.24) is 9.88 Å². The second kappa shape index (κ2) is 6.59. The lowest BCUT2D eigenvalue weighted by atomic mass is 9.58. The molecule has 1 aliphatic carbocycles. The van der Waals surface area contributed by atoms with Crippen molar-refractivity contribution in [2.45, 2.75) is 31.6 Å². The molecule has 3 aromatic rings. The van der Waals surface area contributed by atoms with Crippen LogP contribution in [-0.4, -0.2) is 37.1 Å². The normalized spacial score (nSPS) is 24.6. The van der Waals surface area contributed by atoms with E-state index < -0.39 is 0 Å². The van der Waals surface area contributed by atoms with Gasteiger partial charge in [-0.25, -0.2) is 0 Å². The summed E-state index contributed by atoms with van der Waals surface area (Å²) >= 11 is 0. The first-order valence-corrected chi connectivity index (χ1v) is 10.3. The fraction of sp³-hybridized carbons (Fsp3) is 0.400. The number of hydrogen-bond acceptors (Lipinski definition) is 3. The average molecular weight is 373 g/mol. The minimum Gasteiger partial charge on any atom is -0.497 e. The number of pyridine rings is 1. The average Bonchev–Trinajstić information content (AvgIpc) is 2.73. The molecular formula is C25H28N2O. The number of fused-ring (bicyclic) bond motifs is 3. The van der Waals surface area contributed by atoms with Gasteiger partial charge in [-0.15, -0.1) is 0 Å².